The third-order valence-electron chi connectivity index (χ3n) is 2.97. The molecule has 0 unspecified atom stereocenters. The van der Waals surface area contributed by atoms with Gasteiger partial charge in [-0.3, -0.25) is 4.79 Å². The minimum absolute atomic E-state index is 0.0374. The van der Waals surface area contributed by atoms with Gasteiger partial charge in [-0.2, -0.15) is 0 Å². The summed E-state index contributed by atoms with van der Waals surface area (Å²) in [6.45, 7) is 3.29. The van der Waals surface area contributed by atoms with Crippen molar-refractivity contribution < 1.29 is 4.79 Å². The number of hydrogen-bond acceptors (Lipinski definition) is 4. The second-order valence-corrected chi connectivity index (χ2v) is 5.52. The molecule has 1 aromatic carbocycles. The predicted molar refractivity (Wildman–Crippen MR) is 82.1 cm³/mol. The van der Waals surface area contributed by atoms with Gasteiger partial charge in [0.05, 0.1) is 6.54 Å². The van der Waals surface area contributed by atoms with Gasteiger partial charge in [0.2, 0.25) is 0 Å². The van der Waals surface area contributed by atoms with Gasteiger partial charge < -0.3 is 10.6 Å². The summed E-state index contributed by atoms with van der Waals surface area (Å²) in [6.07, 6.45) is 0.844. The number of benzene rings is 1. The van der Waals surface area contributed by atoms with E-state index in [4.69, 9.17) is 0 Å². The summed E-state index contributed by atoms with van der Waals surface area (Å²) in [5.41, 5.74) is 2.80. The zero-order chi connectivity index (χ0) is 14.4. The van der Waals surface area contributed by atoms with Gasteiger partial charge in [-0.25, -0.2) is 4.98 Å². The Morgan fingerprint density at radius 3 is 2.85 bits per heavy atom. The first kappa shape index (κ1) is 14.7. The maximum Gasteiger partial charge on any atom is 0.251 e. The molecule has 0 aliphatic rings. The molecule has 0 atom stereocenters. The van der Waals surface area contributed by atoms with Crippen LogP contribution in [0.1, 0.15) is 26.6 Å². The SMILES string of the molecule is CNCCc1ccccc1C(=O)NCc1nc(C)cs1. The first-order chi connectivity index (χ1) is 9.70. The smallest absolute Gasteiger partial charge is 0.251 e. The monoisotopic (exact) mass is 289 g/mol. The van der Waals surface area contributed by atoms with Crippen LogP contribution in [0.25, 0.3) is 0 Å². The molecule has 0 spiro atoms. The number of aryl methyl sites for hydroxylation is 1. The maximum absolute atomic E-state index is 12.3. The van der Waals surface area contributed by atoms with Gasteiger partial charge in [0.25, 0.3) is 5.91 Å². The van der Waals surface area contributed by atoms with Crippen molar-refractivity contribution in [1.29, 1.82) is 0 Å². The van der Waals surface area contributed by atoms with Crippen molar-refractivity contribution in [2.75, 3.05) is 13.6 Å². The number of nitrogens with zero attached hydrogens (tertiary/aromatic N) is 1. The molecule has 0 aliphatic carbocycles. The van der Waals surface area contributed by atoms with Gasteiger partial charge >= 0.3 is 0 Å². The van der Waals surface area contributed by atoms with Crippen LogP contribution in [-0.4, -0.2) is 24.5 Å². The molecule has 4 nitrogen and oxygen atoms in total. The number of nitrogens with one attached hydrogen (secondary N) is 2. The van der Waals surface area contributed by atoms with Crippen molar-refractivity contribution in [2.24, 2.45) is 0 Å². The number of thiazole rings is 1. The Bertz CT molecular complexity index is 580. The summed E-state index contributed by atoms with van der Waals surface area (Å²) >= 11 is 1.57. The van der Waals surface area contributed by atoms with Gasteiger partial charge in [-0.05, 0) is 38.6 Å². The fourth-order valence-electron chi connectivity index (χ4n) is 1.95. The highest BCUT2D eigenvalue weighted by Crippen LogP contribution is 2.11. The molecule has 20 heavy (non-hydrogen) atoms. The van der Waals surface area contributed by atoms with Crippen LogP contribution in [-0.2, 0) is 13.0 Å². The molecule has 106 valence electrons. The molecule has 0 saturated carbocycles. The van der Waals surface area contributed by atoms with E-state index in [1.165, 1.54) is 0 Å². The van der Waals surface area contributed by atoms with E-state index in [0.29, 0.717) is 6.54 Å². The largest absolute Gasteiger partial charge is 0.346 e. The first-order valence-corrected chi connectivity index (χ1v) is 7.50. The molecule has 0 bridgehead atoms. The highest BCUT2D eigenvalue weighted by molar-refractivity contribution is 7.09. The lowest BCUT2D eigenvalue weighted by molar-refractivity contribution is 0.0950. The molecular weight excluding hydrogens is 270 g/mol. The highest BCUT2D eigenvalue weighted by Gasteiger charge is 2.10. The van der Waals surface area contributed by atoms with Crippen molar-refractivity contribution in [2.45, 2.75) is 19.9 Å². The number of carbonyl (C=O) groups excluding carboxylic acids is 1. The Hall–Kier alpha value is -1.72. The molecule has 1 amide bonds. The molecule has 2 N–H and O–H groups in total. The predicted octanol–water partition coefficient (Wildman–Crippen LogP) is 2.14. The average molecular weight is 289 g/mol. The summed E-state index contributed by atoms with van der Waals surface area (Å²) in [5, 5.41) is 8.96. The van der Waals surface area contributed by atoms with Gasteiger partial charge in [-0.1, -0.05) is 18.2 Å². The second kappa shape index (κ2) is 7.17. The zero-order valence-electron chi connectivity index (χ0n) is 11.8. The highest BCUT2D eigenvalue weighted by atomic mass is 32.1. The van der Waals surface area contributed by atoms with E-state index in [0.717, 1.165) is 34.8 Å². The van der Waals surface area contributed by atoms with Crippen LogP contribution in [0.5, 0.6) is 0 Å². The molecule has 2 rings (SSSR count). The van der Waals surface area contributed by atoms with Crippen LogP contribution >= 0.6 is 11.3 Å². The number of rotatable bonds is 6. The van der Waals surface area contributed by atoms with Crippen molar-refractivity contribution in [3.63, 3.8) is 0 Å². The van der Waals surface area contributed by atoms with E-state index in [1.54, 1.807) is 11.3 Å². The molecule has 2 aromatic rings. The molecule has 1 aromatic heterocycles. The van der Waals surface area contributed by atoms with Crippen LogP contribution in [0.2, 0.25) is 0 Å². The lowest BCUT2D eigenvalue weighted by Gasteiger charge is -2.09. The average Bonchev–Trinajstić information content (AvgIpc) is 2.88. The van der Waals surface area contributed by atoms with Crippen molar-refractivity contribution in [1.82, 2.24) is 15.6 Å². The molecule has 5 heteroatoms. The Balaban J connectivity index is 2.01. The van der Waals surface area contributed by atoms with Gasteiger partial charge in [0.15, 0.2) is 0 Å². The van der Waals surface area contributed by atoms with E-state index < -0.39 is 0 Å². The molecule has 0 fully saturated rings. The van der Waals surface area contributed by atoms with Crippen LogP contribution in [0.3, 0.4) is 0 Å². The molecule has 1 heterocycles. The van der Waals surface area contributed by atoms with Gasteiger partial charge in [0.1, 0.15) is 5.01 Å². The number of likely N-dealkylation sites (N-methyl/N-ethyl adjacent to an activating group) is 1. The van der Waals surface area contributed by atoms with Crippen LogP contribution < -0.4 is 10.6 Å². The second-order valence-electron chi connectivity index (χ2n) is 4.58. The molecule has 0 aliphatic heterocycles. The number of carbonyl (C=O) groups is 1. The third-order valence-corrected chi connectivity index (χ3v) is 3.94. The minimum atomic E-state index is -0.0374. The Labute approximate surface area is 123 Å². The quantitative estimate of drug-likeness (QED) is 0.856. The van der Waals surface area contributed by atoms with E-state index in [9.17, 15) is 4.79 Å². The Morgan fingerprint density at radius 2 is 2.15 bits per heavy atom. The van der Waals surface area contributed by atoms with E-state index >= 15 is 0 Å². The van der Waals surface area contributed by atoms with E-state index in [1.807, 2.05) is 43.6 Å². The summed E-state index contributed by atoms with van der Waals surface area (Å²) in [5.74, 6) is -0.0374. The molecular formula is C15H19N3OS. The summed E-state index contributed by atoms with van der Waals surface area (Å²) < 4.78 is 0. The first-order valence-electron chi connectivity index (χ1n) is 6.62. The van der Waals surface area contributed by atoms with E-state index in [2.05, 4.69) is 15.6 Å². The topological polar surface area (TPSA) is 54.0 Å². The third kappa shape index (κ3) is 3.88. The van der Waals surface area contributed by atoms with Crippen LogP contribution in [0.4, 0.5) is 0 Å². The van der Waals surface area contributed by atoms with Gasteiger partial charge in [0, 0.05) is 16.6 Å². The number of aromatic nitrogens is 1. The molecule has 0 radical (unpaired) electrons. The van der Waals surface area contributed by atoms with Crippen molar-refractivity contribution >= 4 is 17.2 Å². The lowest BCUT2D eigenvalue weighted by Crippen LogP contribution is -2.24. The standard InChI is InChI=1S/C15H19N3OS/c1-11-10-20-14(18-11)9-17-15(19)13-6-4-3-5-12(13)7-8-16-2/h3-6,10,16H,7-9H2,1-2H3,(H,17,19). The van der Waals surface area contributed by atoms with Crippen LogP contribution in [0.15, 0.2) is 29.6 Å². The zero-order valence-corrected chi connectivity index (χ0v) is 12.6. The fourth-order valence-corrected chi connectivity index (χ4v) is 2.67. The Morgan fingerprint density at radius 1 is 1.35 bits per heavy atom. The van der Waals surface area contributed by atoms with Gasteiger partial charge in [-0.15, -0.1) is 11.3 Å². The normalized spacial score (nSPS) is 10.5. The number of hydrogen-bond donors (Lipinski definition) is 2. The van der Waals surface area contributed by atoms with E-state index in [-0.39, 0.29) is 5.91 Å². The minimum Gasteiger partial charge on any atom is -0.346 e. The maximum atomic E-state index is 12.3. The number of amides is 1. The molecule has 0 saturated heterocycles. The lowest BCUT2D eigenvalue weighted by atomic mass is 10.0. The van der Waals surface area contributed by atoms with Crippen molar-refractivity contribution in [3.8, 4) is 0 Å². The fraction of sp³-hybridized carbons (Fsp3) is 0.333. The summed E-state index contributed by atoms with van der Waals surface area (Å²) in [4.78, 5) is 16.6. The summed E-state index contributed by atoms with van der Waals surface area (Å²) in [6, 6.07) is 7.73. The van der Waals surface area contributed by atoms with Crippen LogP contribution in [0, 0.1) is 6.92 Å². The van der Waals surface area contributed by atoms with Crippen molar-refractivity contribution in [3.05, 3.63) is 51.5 Å². The Kier molecular flexibility index (Phi) is 5.26. The summed E-state index contributed by atoms with van der Waals surface area (Å²) in [7, 11) is 1.91.